The summed E-state index contributed by atoms with van der Waals surface area (Å²) in [5.41, 5.74) is 0.692. The van der Waals surface area contributed by atoms with E-state index in [1.165, 1.54) is 0 Å². The van der Waals surface area contributed by atoms with Crippen LogP contribution in [0.3, 0.4) is 0 Å². The van der Waals surface area contributed by atoms with Crippen molar-refractivity contribution in [2.24, 2.45) is 0 Å². The highest BCUT2D eigenvalue weighted by Gasteiger charge is 2.27. The number of halogens is 1. The third-order valence-corrected chi connectivity index (χ3v) is 4.15. The predicted molar refractivity (Wildman–Crippen MR) is 78.7 cm³/mol. The summed E-state index contributed by atoms with van der Waals surface area (Å²) >= 11 is 3.45. The van der Waals surface area contributed by atoms with Gasteiger partial charge in [-0.1, -0.05) is 0 Å². The first kappa shape index (κ1) is 14.3. The smallest absolute Gasteiger partial charge is 0.255 e. The maximum Gasteiger partial charge on any atom is 0.255 e. The number of nitrogens with zero attached hydrogens (tertiary/aromatic N) is 2. The number of amides is 1. The monoisotopic (exact) mass is 326 g/mol. The summed E-state index contributed by atoms with van der Waals surface area (Å²) in [6.45, 7) is 4.70. The van der Waals surface area contributed by atoms with Crippen molar-refractivity contribution in [2.75, 3.05) is 33.8 Å². The second-order valence-corrected chi connectivity index (χ2v) is 5.81. The fourth-order valence-corrected chi connectivity index (χ4v) is 2.92. The summed E-state index contributed by atoms with van der Waals surface area (Å²) in [6, 6.07) is 5.70. The zero-order chi connectivity index (χ0) is 14.0. The molecule has 0 aliphatic carbocycles. The van der Waals surface area contributed by atoms with Crippen molar-refractivity contribution in [3.63, 3.8) is 0 Å². The molecule has 19 heavy (non-hydrogen) atoms. The standard InChI is InChI=1S/C14H19BrN2O2/c1-10-9-16(2)6-7-17(10)14(18)12-5-4-11(19-3)8-13(12)15/h4-5,8,10H,6-7,9H2,1-3H3/t10-/m0/s1. The molecule has 1 amide bonds. The Kier molecular flexibility index (Phi) is 4.47. The van der Waals surface area contributed by atoms with Gasteiger partial charge in [-0.2, -0.15) is 0 Å². The van der Waals surface area contributed by atoms with Crippen LogP contribution >= 0.6 is 15.9 Å². The Morgan fingerprint density at radius 3 is 2.74 bits per heavy atom. The van der Waals surface area contributed by atoms with Gasteiger partial charge in [-0.25, -0.2) is 0 Å². The van der Waals surface area contributed by atoms with E-state index in [1.807, 2.05) is 23.1 Å². The number of carbonyl (C=O) groups is 1. The molecule has 5 heteroatoms. The lowest BCUT2D eigenvalue weighted by Crippen LogP contribution is -2.52. The molecule has 0 spiro atoms. The molecule has 0 aromatic heterocycles. The zero-order valence-electron chi connectivity index (χ0n) is 11.5. The second kappa shape index (κ2) is 5.92. The molecule has 2 rings (SSSR count). The Hall–Kier alpha value is -1.07. The molecule has 1 atom stereocenters. The minimum atomic E-state index is 0.0788. The van der Waals surface area contributed by atoms with Crippen LogP contribution in [0.5, 0.6) is 5.75 Å². The molecule has 0 bridgehead atoms. The number of piperazine rings is 1. The molecule has 1 saturated heterocycles. The maximum absolute atomic E-state index is 12.6. The van der Waals surface area contributed by atoms with Crippen molar-refractivity contribution in [1.29, 1.82) is 0 Å². The largest absolute Gasteiger partial charge is 0.497 e. The van der Waals surface area contributed by atoms with Gasteiger partial charge in [0.15, 0.2) is 0 Å². The summed E-state index contributed by atoms with van der Waals surface area (Å²) in [6.07, 6.45) is 0. The zero-order valence-corrected chi connectivity index (χ0v) is 13.1. The summed E-state index contributed by atoms with van der Waals surface area (Å²) in [5, 5.41) is 0. The van der Waals surface area contributed by atoms with E-state index < -0.39 is 0 Å². The van der Waals surface area contributed by atoms with Gasteiger partial charge in [-0.05, 0) is 48.1 Å². The molecule has 4 nitrogen and oxygen atoms in total. The van der Waals surface area contributed by atoms with Crippen molar-refractivity contribution < 1.29 is 9.53 Å². The highest BCUT2D eigenvalue weighted by Crippen LogP contribution is 2.25. The van der Waals surface area contributed by atoms with E-state index in [1.54, 1.807) is 7.11 Å². The molecular weight excluding hydrogens is 308 g/mol. The summed E-state index contributed by atoms with van der Waals surface area (Å²) in [7, 11) is 3.70. The minimum absolute atomic E-state index is 0.0788. The average Bonchev–Trinajstić information content (AvgIpc) is 2.37. The molecule has 1 fully saturated rings. The number of hydrogen-bond donors (Lipinski definition) is 0. The van der Waals surface area contributed by atoms with Crippen LogP contribution in [0.25, 0.3) is 0 Å². The number of carbonyl (C=O) groups excluding carboxylic acids is 1. The van der Waals surface area contributed by atoms with E-state index in [-0.39, 0.29) is 11.9 Å². The molecule has 1 aromatic rings. The van der Waals surface area contributed by atoms with E-state index >= 15 is 0 Å². The van der Waals surface area contributed by atoms with Gasteiger partial charge in [0, 0.05) is 30.1 Å². The topological polar surface area (TPSA) is 32.8 Å². The van der Waals surface area contributed by atoms with Crippen LogP contribution in [0.1, 0.15) is 17.3 Å². The predicted octanol–water partition coefficient (Wildman–Crippen LogP) is 2.23. The van der Waals surface area contributed by atoms with E-state index in [0.29, 0.717) is 5.56 Å². The fraction of sp³-hybridized carbons (Fsp3) is 0.500. The van der Waals surface area contributed by atoms with Crippen LogP contribution in [0.15, 0.2) is 22.7 Å². The number of rotatable bonds is 2. The summed E-state index contributed by atoms with van der Waals surface area (Å²) < 4.78 is 5.93. The third-order valence-electron chi connectivity index (χ3n) is 3.50. The van der Waals surface area contributed by atoms with Gasteiger partial charge in [0.2, 0.25) is 0 Å². The van der Waals surface area contributed by atoms with E-state index in [4.69, 9.17) is 4.74 Å². The first-order valence-electron chi connectivity index (χ1n) is 6.36. The SMILES string of the molecule is COc1ccc(C(=O)N2CCN(C)C[C@@H]2C)c(Br)c1. The molecular formula is C14H19BrN2O2. The van der Waals surface area contributed by atoms with Gasteiger partial charge in [-0.15, -0.1) is 0 Å². The van der Waals surface area contributed by atoms with E-state index in [2.05, 4.69) is 34.8 Å². The van der Waals surface area contributed by atoms with Crippen molar-refractivity contribution >= 4 is 21.8 Å². The minimum Gasteiger partial charge on any atom is -0.497 e. The van der Waals surface area contributed by atoms with Crippen molar-refractivity contribution in [3.8, 4) is 5.75 Å². The Morgan fingerprint density at radius 2 is 2.16 bits per heavy atom. The molecule has 0 unspecified atom stereocenters. The van der Waals surface area contributed by atoms with E-state index in [9.17, 15) is 4.79 Å². The summed E-state index contributed by atoms with van der Waals surface area (Å²) in [4.78, 5) is 16.8. The highest BCUT2D eigenvalue weighted by atomic mass is 79.9. The summed E-state index contributed by atoms with van der Waals surface area (Å²) in [5.74, 6) is 0.824. The van der Waals surface area contributed by atoms with Gasteiger partial charge >= 0.3 is 0 Å². The number of ether oxygens (including phenoxy) is 1. The van der Waals surface area contributed by atoms with E-state index in [0.717, 1.165) is 29.9 Å². The number of hydrogen-bond acceptors (Lipinski definition) is 3. The molecule has 1 aromatic carbocycles. The Morgan fingerprint density at radius 1 is 1.42 bits per heavy atom. The molecule has 1 aliphatic rings. The fourth-order valence-electron chi connectivity index (χ4n) is 2.39. The van der Waals surface area contributed by atoms with Crippen molar-refractivity contribution in [1.82, 2.24) is 9.80 Å². The van der Waals surface area contributed by atoms with Crippen LogP contribution in [-0.4, -0.2) is 55.5 Å². The van der Waals surface area contributed by atoms with Crippen LogP contribution in [0.2, 0.25) is 0 Å². The van der Waals surface area contributed by atoms with Crippen LogP contribution in [-0.2, 0) is 0 Å². The molecule has 1 aliphatic heterocycles. The van der Waals surface area contributed by atoms with Crippen LogP contribution < -0.4 is 4.74 Å². The molecule has 104 valence electrons. The molecule has 0 saturated carbocycles. The lowest BCUT2D eigenvalue weighted by atomic mass is 10.1. The molecule has 0 radical (unpaired) electrons. The normalized spacial score (nSPS) is 20.4. The van der Waals surface area contributed by atoms with Gasteiger partial charge < -0.3 is 14.5 Å². The first-order chi connectivity index (χ1) is 9.02. The Bertz CT molecular complexity index is 479. The first-order valence-corrected chi connectivity index (χ1v) is 7.15. The lowest BCUT2D eigenvalue weighted by molar-refractivity contribution is 0.0532. The molecule has 1 heterocycles. The van der Waals surface area contributed by atoms with Crippen molar-refractivity contribution in [2.45, 2.75) is 13.0 Å². The number of likely N-dealkylation sites (N-methyl/N-ethyl adjacent to an activating group) is 1. The van der Waals surface area contributed by atoms with Crippen LogP contribution in [0.4, 0.5) is 0 Å². The van der Waals surface area contributed by atoms with Gasteiger partial charge in [0.05, 0.1) is 12.7 Å². The second-order valence-electron chi connectivity index (χ2n) is 4.96. The quantitative estimate of drug-likeness (QED) is 0.835. The van der Waals surface area contributed by atoms with Gasteiger partial charge in [0.1, 0.15) is 5.75 Å². The van der Waals surface area contributed by atoms with Gasteiger partial charge in [0.25, 0.3) is 5.91 Å². The third kappa shape index (κ3) is 3.09. The number of methoxy groups -OCH3 is 1. The number of benzene rings is 1. The van der Waals surface area contributed by atoms with Gasteiger partial charge in [-0.3, -0.25) is 4.79 Å². The maximum atomic E-state index is 12.6. The highest BCUT2D eigenvalue weighted by molar-refractivity contribution is 9.10. The van der Waals surface area contributed by atoms with Crippen molar-refractivity contribution in [3.05, 3.63) is 28.2 Å². The van der Waals surface area contributed by atoms with Crippen LogP contribution in [0, 0.1) is 0 Å². The lowest BCUT2D eigenvalue weighted by Gasteiger charge is -2.38. The Balaban J connectivity index is 2.19. The molecule has 0 N–H and O–H groups in total. The average molecular weight is 327 g/mol. The Labute approximate surface area is 122 Å².